The Kier molecular flexibility index (Phi) is 1.65. The van der Waals surface area contributed by atoms with Gasteiger partial charge in [0, 0.05) is 28.2 Å². The van der Waals surface area contributed by atoms with Crippen molar-refractivity contribution in [3.8, 4) is 0 Å². The minimum atomic E-state index is -0.615. The molecule has 1 fully saturated rings. The molecule has 1 aromatic rings. The van der Waals surface area contributed by atoms with Crippen LogP contribution in [-0.4, -0.2) is 25.9 Å². The Morgan fingerprint density at radius 3 is 2.73 bits per heavy atom. The van der Waals surface area contributed by atoms with Crippen molar-refractivity contribution in [2.24, 2.45) is 0 Å². The van der Waals surface area contributed by atoms with Crippen molar-refractivity contribution in [1.82, 2.24) is 10.2 Å². The fraction of sp³-hybridized carbons (Fsp3) is 0.600. The third kappa shape index (κ3) is 1.28. The molecule has 0 radical (unpaired) electrons. The molecule has 0 atom stereocenters. The summed E-state index contributed by atoms with van der Waals surface area (Å²) in [5.41, 5.74) is 5.40. The average molecular weight is 189 g/mol. The molecule has 2 heterocycles. The molecule has 2 N–H and O–H groups in total. The summed E-state index contributed by atoms with van der Waals surface area (Å²) in [7, 11) is -0.615. The van der Waals surface area contributed by atoms with Crippen LogP contribution >= 0.6 is 11.3 Å². The molecular weight excluding hydrogens is 182 g/mol. The van der Waals surface area contributed by atoms with Crippen molar-refractivity contribution in [2.45, 2.75) is 5.92 Å². The normalized spacial score (nSPS) is 29.8. The second-order valence-corrected chi connectivity index (χ2v) is 5.04. The van der Waals surface area contributed by atoms with Gasteiger partial charge in [0.2, 0.25) is 5.13 Å². The van der Waals surface area contributed by atoms with Crippen molar-refractivity contribution >= 4 is 27.3 Å². The van der Waals surface area contributed by atoms with Crippen LogP contribution in [0.5, 0.6) is 0 Å². The first-order valence-electron chi connectivity index (χ1n) is 3.19. The predicted molar refractivity (Wildman–Crippen MR) is 44.9 cm³/mol. The summed E-state index contributed by atoms with van der Waals surface area (Å²) in [5, 5.41) is 9.00. The molecule has 0 amide bonds. The zero-order chi connectivity index (χ0) is 7.84. The lowest BCUT2D eigenvalue weighted by Crippen LogP contribution is -2.28. The number of hydrogen-bond donors (Lipinski definition) is 1. The SMILES string of the molecule is Nc1nnc(C2CS(=O)C2)s1. The van der Waals surface area contributed by atoms with Crippen LogP contribution in [-0.2, 0) is 10.8 Å². The molecule has 0 saturated carbocycles. The zero-order valence-electron chi connectivity index (χ0n) is 5.69. The highest BCUT2D eigenvalue weighted by molar-refractivity contribution is 7.86. The van der Waals surface area contributed by atoms with Crippen molar-refractivity contribution in [2.75, 3.05) is 17.2 Å². The molecule has 4 nitrogen and oxygen atoms in total. The number of nitrogens with two attached hydrogens (primary N) is 1. The molecule has 0 unspecified atom stereocenters. The molecule has 0 aliphatic carbocycles. The summed E-state index contributed by atoms with van der Waals surface area (Å²) in [4.78, 5) is 0. The molecule has 6 heteroatoms. The van der Waals surface area contributed by atoms with Crippen molar-refractivity contribution in [3.63, 3.8) is 0 Å². The first kappa shape index (κ1) is 7.17. The third-order valence-electron chi connectivity index (χ3n) is 1.58. The lowest BCUT2D eigenvalue weighted by Gasteiger charge is -2.21. The van der Waals surface area contributed by atoms with Crippen LogP contribution in [0, 0.1) is 0 Å². The van der Waals surface area contributed by atoms with E-state index in [0.717, 1.165) is 16.5 Å². The standard InChI is InChI=1S/C5H7N3OS2/c6-5-8-7-4(10-5)3-1-11(9)2-3/h3H,1-2H2,(H2,6,8). The van der Waals surface area contributed by atoms with Gasteiger partial charge in [0.05, 0.1) is 0 Å². The minimum absolute atomic E-state index is 0.352. The van der Waals surface area contributed by atoms with Crippen LogP contribution in [0.1, 0.15) is 10.9 Å². The fourth-order valence-electron chi connectivity index (χ4n) is 0.954. The second-order valence-electron chi connectivity index (χ2n) is 2.45. The Balaban J connectivity index is 2.12. The summed E-state index contributed by atoms with van der Waals surface area (Å²) < 4.78 is 10.7. The van der Waals surface area contributed by atoms with Gasteiger partial charge >= 0.3 is 0 Å². The van der Waals surface area contributed by atoms with E-state index in [1.54, 1.807) is 0 Å². The Hall–Kier alpha value is -0.490. The molecular formula is C5H7N3OS2. The lowest BCUT2D eigenvalue weighted by molar-refractivity contribution is 0.652. The maximum atomic E-state index is 10.7. The van der Waals surface area contributed by atoms with Crippen molar-refractivity contribution in [3.05, 3.63) is 5.01 Å². The summed E-state index contributed by atoms with van der Waals surface area (Å²) >= 11 is 1.39. The van der Waals surface area contributed by atoms with Crippen molar-refractivity contribution < 1.29 is 4.21 Å². The molecule has 11 heavy (non-hydrogen) atoms. The van der Waals surface area contributed by atoms with E-state index in [0.29, 0.717) is 11.0 Å². The summed E-state index contributed by atoms with van der Waals surface area (Å²) in [6, 6.07) is 0. The largest absolute Gasteiger partial charge is 0.374 e. The van der Waals surface area contributed by atoms with E-state index in [9.17, 15) is 4.21 Å². The van der Waals surface area contributed by atoms with E-state index in [1.807, 2.05) is 0 Å². The summed E-state index contributed by atoms with van der Waals surface area (Å²) in [6.07, 6.45) is 0. The monoisotopic (exact) mass is 189 g/mol. The van der Waals surface area contributed by atoms with E-state index >= 15 is 0 Å². The highest BCUT2D eigenvalue weighted by Gasteiger charge is 2.29. The molecule has 0 spiro atoms. The van der Waals surface area contributed by atoms with Gasteiger partial charge in [0.25, 0.3) is 0 Å². The average Bonchev–Trinajstić information content (AvgIpc) is 2.29. The molecule has 1 aliphatic heterocycles. The van der Waals surface area contributed by atoms with Gasteiger partial charge in [0.15, 0.2) is 0 Å². The summed E-state index contributed by atoms with van der Waals surface area (Å²) in [5.74, 6) is 1.81. The molecule has 1 aliphatic rings. The van der Waals surface area contributed by atoms with Gasteiger partial charge in [-0.15, -0.1) is 10.2 Å². The summed E-state index contributed by atoms with van der Waals surface area (Å²) in [6.45, 7) is 0. The number of aromatic nitrogens is 2. The van der Waals surface area contributed by atoms with Gasteiger partial charge in [-0.1, -0.05) is 11.3 Å². The molecule has 1 saturated heterocycles. The molecule has 2 rings (SSSR count). The maximum absolute atomic E-state index is 10.7. The Morgan fingerprint density at radius 1 is 1.55 bits per heavy atom. The third-order valence-corrected chi connectivity index (χ3v) is 4.04. The minimum Gasteiger partial charge on any atom is -0.374 e. The Bertz CT molecular complexity index is 290. The van der Waals surface area contributed by atoms with Crippen LogP contribution in [0.4, 0.5) is 5.13 Å². The number of rotatable bonds is 1. The van der Waals surface area contributed by atoms with Gasteiger partial charge in [0.1, 0.15) is 5.01 Å². The number of nitrogens with zero attached hydrogens (tertiary/aromatic N) is 2. The van der Waals surface area contributed by atoms with Gasteiger partial charge in [-0.2, -0.15) is 0 Å². The van der Waals surface area contributed by atoms with Crippen LogP contribution in [0.25, 0.3) is 0 Å². The van der Waals surface area contributed by atoms with Gasteiger partial charge in [-0.3, -0.25) is 4.21 Å². The first-order chi connectivity index (χ1) is 5.25. The van der Waals surface area contributed by atoms with E-state index in [1.165, 1.54) is 11.3 Å². The number of nitrogen functional groups attached to an aromatic ring is 1. The topological polar surface area (TPSA) is 68.9 Å². The van der Waals surface area contributed by atoms with E-state index < -0.39 is 10.8 Å². The fourth-order valence-corrected chi connectivity index (χ4v) is 2.99. The first-order valence-corrected chi connectivity index (χ1v) is 5.50. The van der Waals surface area contributed by atoms with E-state index in [4.69, 9.17) is 5.73 Å². The quantitative estimate of drug-likeness (QED) is 0.673. The van der Waals surface area contributed by atoms with Crippen LogP contribution < -0.4 is 5.73 Å². The second kappa shape index (κ2) is 2.53. The Morgan fingerprint density at radius 2 is 2.27 bits per heavy atom. The smallest absolute Gasteiger partial charge is 0.203 e. The van der Waals surface area contributed by atoms with Crippen LogP contribution in [0.15, 0.2) is 0 Å². The van der Waals surface area contributed by atoms with Gasteiger partial charge < -0.3 is 5.73 Å². The zero-order valence-corrected chi connectivity index (χ0v) is 7.32. The number of hydrogen-bond acceptors (Lipinski definition) is 5. The Labute approximate surface area is 70.3 Å². The molecule has 0 aromatic carbocycles. The molecule has 60 valence electrons. The van der Waals surface area contributed by atoms with Gasteiger partial charge in [-0.25, -0.2) is 0 Å². The highest BCUT2D eigenvalue weighted by atomic mass is 32.2. The molecule has 0 bridgehead atoms. The van der Waals surface area contributed by atoms with Crippen molar-refractivity contribution in [1.29, 1.82) is 0 Å². The lowest BCUT2D eigenvalue weighted by atomic mass is 10.2. The molecule has 1 aromatic heterocycles. The van der Waals surface area contributed by atoms with Crippen LogP contribution in [0.2, 0.25) is 0 Å². The van der Waals surface area contributed by atoms with Gasteiger partial charge in [-0.05, 0) is 0 Å². The maximum Gasteiger partial charge on any atom is 0.203 e. The highest BCUT2D eigenvalue weighted by Crippen LogP contribution is 2.29. The predicted octanol–water partition coefficient (Wildman–Crippen LogP) is -0.0338. The van der Waals surface area contributed by atoms with E-state index in [-0.39, 0.29) is 0 Å². The van der Waals surface area contributed by atoms with Crippen LogP contribution in [0.3, 0.4) is 0 Å². The number of anilines is 1. The van der Waals surface area contributed by atoms with E-state index in [2.05, 4.69) is 10.2 Å².